The standard InChI is InChI=1S/C10H13N5OS/c1-6-9(16)15-10(13-12-6)17-8(14-15)7-3-2-4-11-5-7/h7,11H,2-5H2,1H3. The minimum Gasteiger partial charge on any atom is -0.316 e. The van der Waals surface area contributed by atoms with E-state index in [0.717, 1.165) is 30.9 Å². The maximum Gasteiger partial charge on any atom is 0.296 e. The molecule has 17 heavy (non-hydrogen) atoms. The molecule has 0 radical (unpaired) electrons. The molecule has 3 heterocycles. The van der Waals surface area contributed by atoms with Gasteiger partial charge < -0.3 is 5.32 Å². The van der Waals surface area contributed by atoms with E-state index in [1.165, 1.54) is 15.9 Å². The van der Waals surface area contributed by atoms with Crippen LogP contribution in [0.4, 0.5) is 0 Å². The number of aryl methyl sites for hydroxylation is 1. The molecule has 90 valence electrons. The van der Waals surface area contributed by atoms with Crippen molar-refractivity contribution in [3.05, 3.63) is 21.1 Å². The number of nitrogens with one attached hydrogen (secondary N) is 1. The van der Waals surface area contributed by atoms with Gasteiger partial charge in [-0.05, 0) is 26.3 Å². The normalized spacial score (nSPS) is 20.9. The quantitative estimate of drug-likeness (QED) is 0.790. The summed E-state index contributed by atoms with van der Waals surface area (Å²) >= 11 is 1.46. The Hall–Kier alpha value is -1.34. The average molecular weight is 251 g/mol. The van der Waals surface area contributed by atoms with Gasteiger partial charge >= 0.3 is 0 Å². The molecule has 6 nitrogen and oxygen atoms in total. The van der Waals surface area contributed by atoms with Crippen molar-refractivity contribution in [2.45, 2.75) is 25.7 Å². The van der Waals surface area contributed by atoms with Crippen molar-refractivity contribution >= 4 is 16.3 Å². The van der Waals surface area contributed by atoms with Gasteiger partial charge in [0.05, 0.1) is 0 Å². The molecule has 3 rings (SSSR count). The van der Waals surface area contributed by atoms with Crippen LogP contribution in [0.15, 0.2) is 4.79 Å². The molecular weight excluding hydrogens is 238 g/mol. The molecule has 0 saturated carbocycles. The highest BCUT2D eigenvalue weighted by molar-refractivity contribution is 7.16. The number of aromatic nitrogens is 4. The SMILES string of the molecule is Cc1nnc2sc(C3CCCNC3)nn2c1=O. The molecule has 1 fully saturated rings. The van der Waals surface area contributed by atoms with Crippen LogP contribution in [-0.2, 0) is 0 Å². The lowest BCUT2D eigenvalue weighted by atomic mass is 10.0. The number of rotatable bonds is 1. The topological polar surface area (TPSA) is 72.2 Å². The molecule has 1 unspecified atom stereocenters. The summed E-state index contributed by atoms with van der Waals surface area (Å²) in [5.74, 6) is 0.398. The zero-order valence-corrected chi connectivity index (χ0v) is 10.3. The van der Waals surface area contributed by atoms with E-state index >= 15 is 0 Å². The summed E-state index contributed by atoms with van der Waals surface area (Å²) in [6, 6.07) is 0. The molecule has 0 amide bonds. The molecule has 2 aromatic heterocycles. The lowest BCUT2D eigenvalue weighted by Crippen LogP contribution is -2.28. The molecule has 0 aliphatic carbocycles. The van der Waals surface area contributed by atoms with Crippen molar-refractivity contribution in [3.63, 3.8) is 0 Å². The zero-order chi connectivity index (χ0) is 11.8. The largest absolute Gasteiger partial charge is 0.316 e. The van der Waals surface area contributed by atoms with E-state index in [0.29, 0.717) is 16.6 Å². The second-order valence-electron chi connectivity index (χ2n) is 4.27. The third-order valence-electron chi connectivity index (χ3n) is 3.01. The summed E-state index contributed by atoms with van der Waals surface area (Å²) in [6.45, 7) is 3.66. The third-order valence-corrected chi connectivity index (χ3v) is 4.07. The van der Waals surface area contributed by atoms with Crippen LogP contribution in [0, 0.1) is 6.92 Å². The van der Waals surface area contributed by atoms with E-state index in [1.54, 1.807) is 6.92 Å². The highest BCUT2D eigenvalue weighted by Gasteiger charge is 2.20. The first-order valence-electron chi connectivity index (χ1n) is 5.69. The maximum absolute atomic E-state index is 11.8. The first-order valence-corrected chi connectivity index (χ1v) is 6.51. The van der Waals surface area contributed by atoms with Crippen LogP contribution >= 0.6 is 11.3 Å². The van der Waals surface area contributed by atoms with Crippen LogP contribution in [0.3, 0.4) is 0 Å². The number of hydrogen-bond donors (Lipinski definition) is 1. The van der Waals surface area contributed by atoms with Crippen LogP contribution in [0.2, 0.25) is 0 Å². The summed E-state index contributed by atoms with van der Waals surface area (Å²) < 4.78 is 1.37. The first-order chi connectivity index (χ1) is 8.25. The van der Waals surface area contributed by atoms with Gasteiger partial charge in [0.25, 0.3) is 5.56 Å². The highest BCUT2D eigenvalue weighted by atomic mass is 32.1. The lowest BCUT2D eigenvalue weighted by molar-refractivity contribution is 0.457. The summed E-state index contributed by atoms with van der Waals surface area (Å²) in [7, 11) is 0. The first kappa shape index (κ1) is 10.8. The molecule has 1 saturated heterocycles. The number of nitrogens with zero attached hydrogens (tertiary/aromatic N) is 4. The molecule has 0 spiro atoms. The second-order valence-corrected chi connectivity index (χ2v) is 5.26. The van der Waals surface area contributed by atoms with Crippen LogP contribution in [0.5, 0.6) is 0 Å². The van der Waals surface area contributed by atoms with Gasteiger partial charge in [0.2, 0.25) is 4.96 Å². The van der Waals surface area contributed by atoms with Gasteiger partial charge in [-0.25, -0.2) is 0 Å². The zero-order valence-electron chi connectivity index (χ0n) is 9.51. The number of hydrogen-bond acceptors (Lipinski definition) is 6. The molecule has 1 atom stereocenters. The fraction of sp³-hybridized carbons (Fsp3) is 0.600. The van der Waals surface area contributed by atoms with E-state index < -0.39 is 0 Å². The van der Waals surface area contributed by atoms with Crippen molar-refractivity contribution in [1.29, 1.82) is 0 Å². The predicted molar refractivity (Wildman–Crippen MR) is 64.5 cm³/mol. The fourth-order valence-corrected chi connectivity index (χ4v) is 3.00. The molecule has 1 aliphatic heterocycles. The molecular formula is C10H13N5OS. The van der Waals surface area contributed by atoms with Gasteiger partial charge in [-0.2, -0.15) is 9.61 Å². The van der Waals surface area contributed by atoms with Gasteiger partial charge in [-0.1, -0.05) is 11.3 Å². The van der Waals surface area contributed by atoms with Crippen molar-refractivity contribution in [2.75, 3.05) is 13.1 Å². The van der Waals surface area contributed by atoms with Gasteiger partial charge in [0, 0.05) is 12.5 Å². The van der Waals surface area contributed by atoms with Crippen molar-refractivity contribution < 1.29 is 0 Å². The minimum atomic E-state index is -0.165. The van der Waals surface area contributed by atoms with Gasteiger partial charge in [-0.15, -0.1) is 10.2 Å². The molecule has 0 aromatic carbocycles. The van der Waals surface area contributed by atoms with E-state index in [9.17, 15) is 4.79 Å². The number of piperidine rings is 1. The number of fused-ring (bicyclic) bond motifs is 1. The molecule has 7 heteroatoms. The summed E-state index contributed by atoms with van der Waals surface area (Å²) in [4.78, 5) is 12.4. The summed E-state index contributed by atoms with van der Waals surface area (Å²) in [5, 5.41) is 16.5. The Morgan fingerprint density at radius 2 is 2.35 bits per heavy atom. The van der Waals surface area contributed by atoms with E-state index in [4.69, 9.17) is 0 Å². The second kappa shape index (κ2) is 4.15. The Balaban J connectivity index is 2.07. The predicted octanol–water partition coefficient (Wildman–Crippen LogP) is 0.321. The third kappa shape index (κ3) is 1.85. The van der Waals surface area contributed by atoms with E-state index in [2.05, 4.69) is 20.6 Å². The van der Waals surface area contributed by atoms with Gasteiger partial charge in [0.15, 0.2) is 0 Å². The molecule has 0 bridgehead atoms. The molecule has 2 aromatic rings. The Labute approximate surface area is 102 Å². The monoisotopic (exact) mass is 251 g/mol. The van der Waals surface area contributed by atoms with Crippen molar-refractivity contribution in [3.8, 4) is 0 Å². The Morgan fingerprint density at radius 1 is 1.47 bits per heavy atom. The Bertz CT molecular complexity index is 598. The van der Waals surface area contributed by atoms with Crippen LogP contribution in [0.25, 0.3) is 4.96 Å². The van der Waals surface area contributed by atoms with Crippen molar-refractivity contribution in [2.24, 2.45) is 0 Å². The molecule has 1 N–H and O–H groups in total. The van der Waals surface area contributed by atoms with Gasteiger partial charge in [0.1, 0.15) is 10.7 Å². The minimum absolute atomic E-state index is 0.165. The van der Waals surface area contributed by atoms with Crippen LogP contribution in [0.1, 0.15) is 29.5 Å². The Morgan fingerprint density at radius 3 is 3.12 bits per heavy atom. The van der Waals surface area contributed by atoms with Crippen LogP contribution < -0.4 is 10.9 Å². The van der Waals surface area contributed by atoms with E-state index in [-0.39, 0.29) is 5.56 Å². The van der Waals surface area contributed by atoms with Crippen molar-refractivity contribution in [1.82, 2.24) is 25.1 Å². The fourth-order valence-electron chi connectivity index (χ4n) is 2.03. The Kier molecular flexibility index (Phi) is 2.64. The lowest BCUT2D eigenvalue weighted by Gasteiger charge is -2.19. The maximum atomic E-state index is 11.8. The smallest absolute Gasteiger partial charge is 0.296 e. The van der Waals surface area contributed by atoms with Crippen LogP contribution in [-0.4, -0.2) is 32.9 Å². The molecule has 1 aliphatic rings. The summed E-state index contributed by atoms with van der Waals surface area (Å²) in [6.07, 6.45) is 2.27. The average Bonchev–Trinajstić information content (AvgIpc) is 2.80. The van der Waals surface area contributed by atoms with E-state index in [1.807, 2.05) is 0 Å². The van der Waals surface area contributed by atoms with Gasteiger partial charge in [-0.3, -0.25) is 4.79 Å². The highest BCUT2D eigenvalue weighted by Crippen LogP contribution is 2.26. The summed E-state index contributed by atoms with van der Waals surface area (Å²) in [5.41, 5.74) is 0.224.